The fourth-order valence-corrected chi connectivity index (χ4v) is 4.30. The third-order valence-corrected chi connectivity index (χ3v) is 6.15. The van der Waals surface area contributed by atoms with Crippen LogP contribution in [0.15, 0.2) is 72.9 Å². The van der Waals surface area contributed by atoms with Crippen LogP contribution in [0.1, 0.15) is 27.5 Å². The molecule has 2 N–H and O–H groups in total. The van der Waals surface area contributed by atoms with E-state index in [0.717, 1.165) is 12.1 Å². The number of carbonyl (C=O) groups excluding carboxylic acids is 2. The number of benzene rings is 2. The molecule has 1 saturated heterocycles. The summed E-state index contributed by atoms with van der Waals surface area (Å²) < 4.78 is 49.2. The number of halogens is 3. The van der Waals surface area contributed by atoms with Gasteiger partial charge in [0.1, 0.15) is 17.2 Å². The summed E-state index contributed by atoms with van der Waals surface area (Å²) in [6.07, 6.45) is -3.78. The van der Waals surface area contributed by atoms with Gasteiger partial charge in [-0.15, -0.1) is 0 Å². The molecule has 11 heteroatoms. The lowest BCUT2D eigenvalue weighted by atomic mass is 9.92. The lowest BCUT2D eigenvalue weighted by molar-refractivity contribution is -0.137. The van der Waals surface area contributed by atoms with Crippen LogP contribution in [0.25, 0.3) is 10.9 Å². The SMILES string of the molecule is COc1ccccc1C1C(=O)NCC1NC(=O)c1ccc2cc(Oc3ccc(C(F)(F)F)cn3)ccc2n1. The number of amides is 2. The van der Waals surface area contributed by atoms with Crippen LogP contribution in [0.5, 0.6) is 17.4 Å². The predicted molar refractivity (Wildman–Crippen MR) is 131 cm³/mol. The van der Waals surface area contributed by atoms with Crippen LogP contribution in [-0.4, -0.2) is 41.5 Å². The van der Waals surface area contributed by atoms with E-state index in [9.17, 15) is 22.8 Å². The Morgan fingerprint density at radius 3 is 2.63 bits per heavy atom. The van der Waals surface area contributed by atoms with E-state index in [-0.39, 0.29) is 24.0 Å². The van der Waals surface area contributed by atoms with Crippen LogP contribution < -0.4 is 20.1 Å². The predicted octanol–water partition coefficient (Wildman–Crippen LogP) is 4.46. The minimum atomic E-state index is -4.48. The Morgan fingerprint density at radius 2 is 1.89 bits per heavy atom. The van der Waals surface area contributed by atoms with Gasteiger partial charge in [0, 0.05) is 29.8 Å². The van der Waals surface area contributed by atoms with Gasteiger partial charge < -0.3 is 20.1 Å². The van der Waals surface area contributed by atoms with Crippen LogP contribution in [0.2, 0.25) is 0 Å². The maximum Gasteiger partial charge on any atom is 0.417 e. The minimum Gasteiger partial charge on any atom is -0.496 e. The second kappa shape index (κ2) is 10.0. The number of ether oxygens (including phenoxy) is 2. The minimum absolute atomic E-state index is 0.00521. The van der Waals surface area contributed by atoms with E-state index in [0.29, 0.717) is 34.2 Å². The van der Waals surface area contributed by atoms with E-state index in [4.69, 9.17) is 9.47 Å². The zero-order valence-electron chi connectivity index (χ0n) is 20.0. The van der Waals surface area contributed by atoms with E-state index in [1.165, 1.54) is 7.11 Å². The topological polar surface area (TPSA) is 102 Å². The standard InChI is InChI=1S/C27H21F3N4O4/c1-37-22-5-3-2-4-18(22)24-21(14-32-26(24)36)34-25(35)20-9-6-15-12-17(8-10-19(15)33-20)38-23-11-7-16(13-31-23)27(28,29)30/h2-13,21,24H,14H2,1H3,(H,32,36)(H,34,35). The summed E-state index contributed by atoms with van der Waals surface area (Å²) in [6.45, 7) is 0.263. The second-order valence-electron chi connectivity index (χ2n) is 8.58. The number of nitrogens with zero attached hydrogens (tertiary/aromatic N) is 2. The molecule has 3 heterocycles. The summed E-state index contributed by atoms with van der Waals surface area (Å²) in [5.74, 6) is -0.357. The van der Waals surface area contributed by atoms with Crippen molar-refractivity contribution in [1.82, 2.24) is 20.6 Å². The normalized spacial score (nSPS) is 17.2. The van der Waals surface area contributed by atoms with E-state index in [1.807, 2.05) is 0 Å². The molecule has 5 rings (SSSR count). The molecule has 2 aromatic heterocycles. The lowest BCUT2D eigenvalue weighted by Crippen LogP contribution is -2.40. The van der Waals surface area contributed by atoms with E-state index in [1.54, 1.807) is 54.6 Å². The van der Waals surface area contributed by atoms with Crippen LogP contribution >= 0.6 is 0 Å². The Hall–Kier alpha value is -4.67. The second-order valence-corrected chi connectivity index (χ2v) is 8.58. The van der Waals surface area contributed by atoms with Gasteiger partial charge in [0.05, 0.1) is 30.1 Å². The number of pyridine rings is 2. The smallest absolute Gasteiger partial charge is 0.417 e. The van der Waals surface area contributed by atoms with Crippen molar-refractivity contribution in [3.8, 4) is 17.4 Å². The Kier molecular flexibility index (Phi) is 6.58. The molecule has 0 spiro atoms. The number of rotatable bonds is 6. The molecule has 0 radical (unpaired) electrons. The van der Waals surface area contributed by atoms with Gasteiger partial charge in [0.25, 0.3) is 5.91 Å². The molecule has 2 atom stereocenters. The van der Waals surface area contributed by atoms with Gasteiger partial charge in [0.2, 0.25) is 11.8 Å². The lowest BCUT2D eigenvalue weighted by Gasteiger charge is -2.20. The van der Waals surface area contributed by atoms with Gasteiger partial charge in [-0.3, -0.25) is 9.59 Å². The van der Waals surface area contributed by atoms with Crippen molar-refractivity contribution in [3.05, 3.63) is 89.7 Å². The summed E-state index contributed by atoms with van der Waals surface area (Å²) in [5, 5.41) is 6.33. The number of hydrogen-bond acceptors (Lipinski definition) is 6. The average molecular weight is 522 g/mol. The summed E-state index contributed by atoms with van der Waals surface area (Å²) in [7, 11) is 1.52. The molecule has 0 bridgehead atoms. The van der Waals surface area contributed by atoms with Gasteiger partial charge >= 0.3 is 6.18 Å². The molecular formula is C27H21F3N4O4. The van der Waals surface area contributed by atoms with Gasteiger partial charge in [0.15, 0.2) is 0 Å². The molecule has 0 aliphatic carbocycles. The fraction of sp³-hybridized carbons (Fsp3) is 0.185. The van der Waals surface area contributed by atoms with Crippen molar-refractivity contribution in [1.29, 1.82) is 0 Å². The van der Waals surface area contributed by atoms with Crippen molar-refractivity contribution in [2.45, 2.75) is 18.1 Å². The quantitative estimate of drug-likeness (QED) is 0.388. The highest BCUT2D eigenvalue weighted by Gasteiger charge is 2.38. The number of para-hydroxylation sites is 1. The molecule has 2 amide bonds. The molecule has 38 heavy (non-hydrogen) atoms. The third-order valence-electron chi connectivity index (χ3n) is 6.15. The summed E-state index contributed by atoms with van der Waals surface area (Å²) in [5.41, 5.74) is 0.475. The van der Waals surface area contributed by atoms with Crippen molar-refractivity contribution in [2.24, 2.45) is 0 Å². The van der Waals surface area contributed by atoms with E-state index >= 15 is 0 Å². The first-order chi connectivity index (χ1) is 18.2. The fourth-order valence-electron chi connectivity index (χ4n) is 4.30. The Balaban J connectivity index is 1.31. The van der Waals surface area contributed by atoms with E-state index < -0.39 is 29.6 Å². The first-order valence-corrected chi connectivity index (χ1v) is 11.6. The van der Waals surface area contributed by atoms with Crippen LogP contribution in [0.3, 0.4) is 0 Å². The molecule has 1 aliphatic heterocycles. The molecule has 2 unspecified atom stereocenters. The van der Waals surface area contributed by atoms with Crippen molar-refractivity contribution < 1.29 is 32.2 Å². The Morgan fingerprint density at radius 1 is 1.08 bits per heavy atom. The molecular weight excluding hydrogens is 501 g/mol. The molecule has 4 aromatic rings. The zero-order valence-corrected chi connectivity index (χ0v) is 20.0. The highest BCUT2D eigenvalue weighted by molar-refractivity contribution is 5.96. The number of nitrogens with one attached hydrogen (secondary N) is 2. The summed E-state index contributed by atoms with van der Waals surface area (Å²) >= 11 is 0. The van der Waals surface area contributed by atoms with Gasteiger partial charge in [-0.05, 0) is 36.4 Å². The zero-order chi connectivity index (χ0) is 26.9. The molecule has 8 nitrogen and oxygen atoms in total. The number of hydrogen-bond donors (Lipinski definition) is 2. The van der Waals surface area contributed by atoms with Gasteiger partial charge in [-0.25, -0.2) is 9.97 Å². The van der Waals surface area contributed by atoms with Crippen LogP contribution in [-0.2, 0) is 11.0 Å². The van der Waals surface area contributed by atoms with Crippen molar-refractivity contribution in [2.75, 3.05) is 13.7 Å². The van der Waals surface area contributed by atoms with Gasteiger partial charge in [-0.1, -0.05) is 24.3 Å². The maximum absolute atomic E-state index is 13.0. The largest absolute Gasteiger partial charge is 0.496 e. The maximum atomic E-state index is 13.0. The van der Waals surface area contributed by atoms with Crippen molar-refractivity contribution in [3.63, 3.8) is 0 Å². The summed E-state index contributed by atoms with van der Waals surface area (Å²) in [4.78, 5) is 33.7. The van der Waals surface area contributed by atoms with Crippen LogP contribution in [0, 0.1) is 0 Å². The number of carbonyl (C=O) groups is 2. The average Bonchev–Trinajstić information content (AvgIpc) is 3.27. The first kappa shape index (κ1) is 25.0. The Labute approximate surface area is 214 Å². The molecule has 1 aliphatic rings. The molecule has 194 valence electrons. The number of fused-ring (bicyclic) bond motifs is 1. The molecule has 2 aromatic carbocycles. The highest BCUT2D eigenvalue weighted by Crippen LogP contribution is 2.32. The van der Waals surface area contributed by atoms with Crippen LogP contribution in [0.4, 0.5) is 13.2 Å². The highest BCUT2D eigenvalue weighted by atomic mass is 19.4. The number of alkyl halides is 3. The monoisotopic (exact) mass is 522 g/mol. The third kappa shape index (κ3) is 5.08. The number of aromatic nitrogens is 2. The summed E-state index contributed by atoms with van der Waals surface area (Å²) in [6, 6.07) is 16.8. The van der Waals surface area contributed by atoms with Crippen molar-refractivity contribution >= 4 is 22.7 Å². The number of methoxy groups -OCH3 is 1. The molecule has 1 fully saturated rings. The first-order valence-electron chi connectivity index (χ1n) is 11.6. The molecule has 0 saturated carbocycles. The van der Waals surface area contributed by atoms with Gasteiger partial charge in [-0.2, -0.15) is 13.2 Å². The Bertz CT molecular complexity index is 1510. The van der Waals surface area contributed by atoms with E-state index in [2.05, 4.69) is 20.6 Å².